The van der Waals surface area contributed by atoms with Crippen LogP contribution in [0.15, 0.2) is 18.2 Å². The topological polar surface area (TPSA) is 20.2 Å². The number of hydrogen-bond acceptors (Lipinski definition) is 1. The zero-order valence-electron chi connectivity index (χ0n) is 7.57. The van der Waals surface area contributed by atoms with Crippen LogP contribution in [0.4, 0.5) is 8.78 Å². The van der Waals surface area contributed by atoms with Crippen LogP contribution in [0.25, 0.3) is 0 Å². The normalized spacial score (nSPS) is 16.2. The molecule has 1 atom stereocenters. The molecule has 0 saturated carbocycles. The van der Waals surface area contributed by atoms with Gasteiger partial charge in [0.05, 0.1) is 0 Å². The summed E-state index contributed by atoms with van der Waals surface area (Å²) in [6.07, 6.45) is 0. The Morgan fingerprint density at radius 2 is 1.87 bits per heavy atom. The van der Waals surface area contributed by atoms with Crippen LogP contribution in [0.3, 0.4) is 0 Å². The molecule has 1 nitrogen and oxygen atoms in total. The van der Waals surface area contributed by atoms with Gasteiger partial charge in [0.1, 0.15) is 0 Å². The molecule has 0 spiro atoms. The number of halogens is 5. The summed E-state index contributed by atoms with van der Waals surface area (Å²) in [4.78, 5) is -3.47. The summed E-state index contributed by atoms with van der Waals surface area (Å²) in [6.45, 7) is 0.969. The van der Waals surface area contributed by atoms with E-state index in [0.29, 0.717) is 5.02 Å². The van der Waals surface area contributed by atoms with E-state index < -0.39 is 10.4 Å². The van der Waals surface area contributed by atoms with E-state index in [2.05, 4.69) is 15.9 Å². The highest BCUT2D eigenvalue weighted by molar-refractivity contribution is 9.10. The van der Waals surface area contributed by atoms with Crippen molar-refractivity contribution in [2.45, 2.75) is 17.4 Å². The lowest BCUT2D eigenvalue weighted by Gasteiger charge is -2.29. The van der Waals surface area contributed by atoms with E-state index in [4.69, 9.17) is 23.2 Å². The highest BCUT2D eigenvalue weighted by Gasteiger charge is 2.49. The van der Waals surface area contributed by atoms with Crippen LogP contribution in [-0.2, 0) is 5.60 Å². The van der Waals surface area contributed by atoms with E-state index in [1.165, 1.54) is 18.2 Å². The fourth-order valence-electron chi connectivity index (χ4n) is 1.04. The van der Waals surface area contributed by atoms with Gasteiger partial charge in [0.15, 0.2) is 5.60 Å². The summed E-state index contributed by atoms with van der Waals surface area (Å²) in [5.41, 5.74) is -2.48. The predicted molar refractivity (Wildman–Crippen MR) is 59.9 cm³/mol. The third-order valence-corrected chi connectivity index (χ3v) is 3.33. The quantitative estimate of drug-likeness (QED) is 0.810. The van der Waals surface area contributed by atoms with Gasteiger partial charge in [0.2, 0.25) is 0 Å². The third kappa shape index (κ3) is 2.61. The molecule has 0 saturated heterocycles. The molecule has 0 aliphatic rings. The summed E-state index contributed by atoms with van der Waals surface area (Å²) in [5, 5.41) is 9.98. The Morgan fingerprint density at radius 1 is 1.33 bits per heavy atom. The number of aliphatic hydroxyl groups is 1. The lowest BCUT2D eigenvalue weighted by atomic mass is 9.96. The van der Waals surface area contributed by atoms with Crippen LogP contribution in [0.5, 0.6) is 0 Å². The van der Waals surface area contributed by atoms with Gasteiger partial charge in [-0.2, -0.15) is 8.78 Å². The first-order chi connectivity index (χ1) is 6.66. The van der Waals surface area contributed by atoms with Gasteiger partial charge in [0.25, 0.3) is 0 Å². The number of benzene rings is 1. The third-order valence-electron chi connectivity index (χ3n) is 2.01. The zero-order chi connectivity index (χ0) is 11.9. The maximum atomic E-state index is 13.0. The number of alkyl halides is 3. The second kappa shape index (κ2) is 4.17. The van der Waals surface area contributed by atoms with Crippen molar-refractivity contribution in [1.82, 2.24) is 0 Å². The first kappa shape index (κ1) is 13.2. The average molecular weight is 320 g/mol. The Kier molecular flexibility index (Phi) is 3.66. The largest absolute Gasteiger partial charge is 0.378 e. The SMILES string of the molecule is CC(O)(c1ccc(Cl)cc1Cl)C(F)(F)Br. The monoisotopic (exact) mass is 318 g/mol. The first-order valence-corrected chi connectivity index (χ1v) is 5.46. The Morgan fingerprint density at radius 3 is 2.27 bits per heavy atom. The van der Waals surface area contributed by atoms with Gasteiger partial charge in [-0.05, 0) is 35.0 Å². The summed E-state index contributed by atoms with van der Waals surface area (Å²) >= 11 is 13.5. The number of rotatable bonds is 2. The van der Waals surface area contributed by atoms with Gasteiger partial charge in [-0.15, -0.1) is 0 Å². The van der Waals surface area contributed by atoms with Crippen LogP contribution in [0.2, 0.25) is 10.0 Å². The molecule has 0 fully saturated rings. The molecule has 1 aromatic carbocycles. The van der Waals surface area contributed by atoms with Crippen molar-refractivity contribution in [3.05, 3.63) is 33.8 Å². The summed E-state index contributed by atoms with van der Waals surface area (Å²) in [5.74, 6) is 0. The van der Waals surface area contributed by atoms with Gasteiger partial charge in [0, 0.05) is 15.6 Å². The molecule has 15 heavy (non-hydrogen) atoms. The molecule has 0 aliphatic heterocycles. The van der Waals surface area contributed by atoms with Crippen LogP contribution >= 0.6 is 39.1 Å². The summed E-state index contributed by atoms with van der Waals surface area (Å²) in [6, 6.07) is 3.95. The van der Waals surface area contributed by atoms with E-state index in [1.807, 2.05) is 0 Å². The standard InChI is InChI=1S/C9H7BrCl2F2O/c1-8(15,9(10,13)14)6-3-2-5(11)4-7(6)12/h2-4,15H,1H3. The molecule has 1 N–H and O–H groups in total. The van der Waals surface area contributed by atoms with Crippen LogP contribution in [0.1, 0.15) is 12.5 Å². The van der Waals surface area contributed by atoms with E-state index in [-0.39, 0.29) is 10.6 Å². The fraction of sp³-hybridized carbons (Fsp3) is 0.333. The molecule has 0 radical (unpaired) electrons. The molecular formula is C9H7BrCl2F2O. The smallest absolute Gasteiger partial charge is 0.333 e. The number of hydrogen-bond donors (Lipinski definition) is 1. The molecule has 0 aromatic heterocycles. The molecule has 0 aliphatic carbocycles. The van der Waals surface area contributed by atoms with Crippen molar-refractivity contribution in [3.8, 4) is 0 Å². The maximum Gasteiger partial charge on any atom is 0.333 e. The van der Waals surface area contributed by atoms with Crippen molar-refractivity contribution in [2.24, 2.45) is 0 Å². The Labute approximate surface area is 104 Å². The Hall–Kier alpha value is 0.1000. The van der Waals surface area contributed by atoms with Gasteiger partial charge < -0.3 is 5.11 Å². The minimum atomic E-state index is -3.47. The molecule has 1 rings (SSSR count). The van der Waals surface area contributed by atoms with Gasteiger partial charge >= 0.3 is 4.83 Å². The minimum Gasteiger partial charge on any atom is -0.378 e. The first-order valence-electron chi connectivity index (χ1n) is 3.91. The van der Waals surface area contributed by atoms with Crippen molar-refractivity contribution >= 4 is 39.1 Å². The zero-order valence-corrected chi connectivity index (χ0v) is 10.7. The van der Waals surface area contributed by atoms with E-state index in [9.17, 15) is 13.9 Å². The lowest BCUT2D eigenvalue weighted by Crippen LogP contribution is -2.38. The lowest BCUT2D eigenvalue weighted by molar-refractivity contribution is -0.109. The summed E-state index contributed by atoms with van der Waals surface area (Å²) in [7, 11) is 0. The average Bonchev–Trinajstić information content (AvgIpc) is 2.00. The molecule has 6 heteroatoms. The van der Waals surface area contributed by atoms with Crippen molar-refractivity contribution in [3.63, 3.8) is 0 Å². The molecular weight excluding hydrogens is 313 g/mol. The Balaban J connectivity index is 3.28. The second-order valence-corrected chi connectivity index (χ2v) is 5.03. The maximum absolute atomic E-state index is 13.0. The van der Waals surface area contributed by atoms with E-state index in [0.717, 1.165) is 6.92 Å². The molecule has 84 valence electrons. The highest BCUT2D eigenvalue weighted by Crippen LogP contribution is 2.44. The Bertz CT molecular complexity index is 377. The molecule has 0 bridgehead atoms. The van der Waals surface area contributed by atoms with Gasteiger partial charge in [-0.3, -0.25) is 0 Å². The van der Waals surface area contributed by atoms with E-state index >= 15 is 0 Å². The van der Waals surface area contributed by atoms with Crippen LogP contribution in [-0.4, -0.2) is 9.94 Å². The van der Waals surface area contributed by atoms with Gasteiger partial charge in [-0.1, -0.05) is 29.3 Å². The predicted octanol–water partition coefficient (Wildman–Crippen LogP) is 4.19. The van der Waals surface area contributed by atoms with E-state index in [1.54, 1.807) is 0 Å². The molecule has 1 unspecified atom stereocenters. The highest BCUT2D eigenvalue weighted by atomic mass is 79.9. The second-order valence-electron chi connectivity index (χ2n) is 3.19. The summed E-state index contributed by atoms with van der Waals surface area (Å²) < 4.78 is 26.1. The minimum absolute atomic E-state index is 0.00775. The van der Waals surface area contributed by atoms with Crippen molar-refractivity contribution < 1.29 is 13.9 Å². The van der Waals surface area contributed by atoms with Crippen molar-refractivity contribution in [2.75, 3.05) is 0 Å². The molecule has 0 heterocycles. The van der Waals surface area contributed by atoms with Crippen LogP contribution in [0, 0.1) is 0 Å². The molecule has 1 aromatic rings. The van der Waals surface area contributed by atoms with Gasteiger partial charge in [-0.25, -0.2) is 0 Å². The van der Waals surface area contributed by atoms with Crippen molar-refractivity contribution in [1.29, 1.82) is 0 Å². The van der Waals surface area contributed by atoms with Crippen LogP contribution < -0.4 is 0 Å². The molecule has 0 amide bonds. The fourth-order valence-corrected chi connectivity index (χ4v) is 1.84.